The summed E-state index contributed by atoms with van der Waals surface area (Å²) in [5, 5.41) is 2.99. The maximum absolute atomic E-state index is 13.5. The van der Waals surface area contributed by atoms with Gasteiger partial charge in [-0.3, -0.25) is 4.79 Å². The number of ether oxygens (including phenoxy) is 1. The van der Waals surface area contributed by atoms with Crippen LogP contribution < -0.4 is 5.32 Å². The molecule has 0 aliphatic heterocycles. The number of esters is 1. The fourth-order valence-corrected chi connectivity index (χ4v) is 1.81. The lowest BCUT2D eigenvalue weighted by atomic mass is 10.1. The highest BCUT2D eigenvalue weighted by atomic mass is 19.1. The monoisotopic (exact) mass is 271 g/mol. The van der Waals surface area contributed by atoms with Crippen molar-refractivity contribution in [3.8, 4) is 0 Å². The number of nitrogens with one attached hydrogen (secondary N) is 1. The first-order chi connectivity index (χ1) is 9.06. The lowest BCUT2D eigenvalue weighted by molar-refractivity contribution is -0.143. The van der Waals surface area contributed by atoms with Gasteiger partial charge in [0.15, 0.2) is 0 Å². The summed E-state index contributed by atoms with van der Waals surface area (Å²) in [6, 6.07) is 3.36. The van der Waals surface area contributed by atoms with Gasteiger partial charge >= 0.3 is 5.97 Å². The SMILES string of the molecule is CCOC(=O)CCCNC(C)c1c(F)cccc1F. The Balaban J connectivity index is 2.39. The van der Waals surface area contributed by atoms with Crippen LogP contribution >= 0.6 is 0 Å². The van der Waals surface area contributed by atoms with Crippen molar-refractivity contribution in [1.29, 1.82) is 0 Å². The highest BCUT2D eigenvalue weighted by Gasteiger charge is 2.15. The van der Waals surface area contributed by atoms with Gasteiger partial charge in [-0.2, -0.15) is 0 Å². The normalized spacial score (nSPS) is 12.2. The molecule has 0 bridgehead atoms. The van der Waals surface area contributed by atoms with Gasteiger partial charge in [0.2, 0.25) is 0 Å². The van der Waals surface area contributed by atoms with E-state index in [4.69, 9.17) is 4.74 Å². The summed E-state index contributed by atoms with van der Waals surface area (Å²) in [6.07, 6.45) is 0.868. The zero-order chi connectivity index (χ0) is 14.3. The Morgan fingerprint density at radius 1 is 1.37 bits per heavy atom. The molecule has 0 radical (unpaired) electrons. The molecule has 106 valence electrons. The minimum atomic E-state index is -0.564. The summed E-state index contributed by atoms with van der Waals surface area (Å²) in [5.41, 5.74) is 0.0265. The van der Waals surface area contributed by atoms with Crippen LogP contribution in [0.25, 0.3) is 0 Å². The highest BCUT2D eigenvalue weighted by molar-refractivity contribution is 5.69. The predicted octanol–water partition coefficient (Wildman–Crippen LogP) is 2.96. The molecular weight excluding hydrogens is 252 g/mol. The molecule has 1 rings (SSSR count). The van der Waals surface area contributed by atoms with Crippen molar-refractivity contribution in [1.82, 2.24) is 5.32 Å². The zero-order valence-electron chi connectivity index (χ0n) is 11.2. The van der Waals surface area contributed by atoms with Gasteiger partial charge in [0.25, 0.3) is 0 Å². The van der Waals surface area contributed by atoms with E-state index in [1.807, 2.05) is 0 Å². The second kappa shape index (κ2) is 7.84. The third-order valence-corrected chi connectivity index (χ3v) is 2.75. The first-order valence-electron chi connectivity index (χ1n) is 6.39. The summed E-state index contributed by atoms with van der Waals surface area (Å²) in [5.74, 6) is -1.38. The maximum Gasteiger partial charge on any atom is 0.305 e. The number of carbonyl (C=O) groups is 1. The number of halogens is 2. The fraction of sp³-hybridized carbons (Fsp3) is 0.500. The molecule has 0 heterocycles. The molecule has 1 aromatic rings. The molecule has 0 aliphatic rings. The zero-order valence-corrected chi connectivity index (χ0v) is 11.2. The lowest BCUT2D eigenvalue weighted by Crippen LogP contribution is -2.22. The molecule has 0 fully saturated rings. The molecule has 0 saturated heterocycles. The molecule has 0 aromatic heterocycles. The summed E-state index contributed by atoms with van der Waals surface area (Å²) >= 11 is 0. The predicted molar refractivity (Wildman–Crippen MR) is 68.6 cm³/mol. The van der Waals surface area contributed by atoms with Crippen LogP contribution in [-0.4, -0.2) is 19.1 Å². The number of hydrogen-bond donors (Lipinski definition) is 1. The van der Waals surface area contributed by atoms with Gasteiger partial charge in [0, 0.05) is 18.0 Å². The van der Waals surface area contributed by atoms with Gasteiger partial charge in [-0.15, -0.1) is 0 Å². The molecule has 0 saturated carbocycles. The minimum Gasteiger partial charge on any atom is -0.466 e. The van der Waals surface area contributed by atoms with Gasteiger partial charge in [-0.25, -0.2) is 8.78 Å². The third kappa shape index (κ3) is 4.95. The van der Waals surface area contributed by atoms with Crippen LogP contribution in [0.4, 0.5) is 8.78 Å². The van der Waals surface area contributed by atoms with E-state index in [2.05, 4.69) is 5.32 Å². The van der Waals surface area contributed by atoms with Crippen molar-refractivity contribution in [3.63, 3.8) is 0 Å². The van der Waals surface area contributed by atoms with Gasteiger partial charge < -0.3 is 10.1 Å². The van der Waals surface area contributed by atoms with Crippen molar-refractivity contribution in [3.05, 3.63) is 35.4 Å². The van der Waals surface area contributed by atoms with Crippen LogP contribution in [0.3, 0.4) is 0 Å². The van der Waals surface area contributed by atoms with Crippen LogP contribution in [0.5, 0.6) is 0 Å². The smallest absolute Gasteiger partial charge is 0.305 e. The Morgan fingerprint density at radius 3 is 2.58 bits per heavy atom. The summed E-state index contributed by atoms with van der Waals surface area (Å²) < 4.78 is 31.8. The van der Waals surface area contributed by atoms with Gasteiger partial charge in [-0.1, -0.05) is 6.07 Å². The third-order valence-electron chi connectivity index (χ3n) is 2.75. The largest absolute Gasteiger partial charge is 0.466 e. The van der Waals surface area contributed by atoms with Crippen LogP contribution in [0, 0.1) is 11.6 Å². The van der Waals surface area contributed by atoms with Crippen LogP contribution in [0.2, 0.25) is 0 Å². The van der Waals surface area contributed by atoms with Gasteiger partial charge in [0.05, 0.1) is 6.61 Å². The van der Waals surface area contributed by atoms with Crippen molar-refractivity contribution in [2.24, 2.45) is 0 Å². The Morgan fingerprint density at radius 2 is 2.00 bits per heavy atom. The Kier molecular flexibility index (Phi) is 6.42. The van der Waals surface area contributed by atoms with Crippen LogP contribution in [0.15, 0.2) is 18.2 Å². The van der Waals surface area contributed by atoms with Gasteiger partial charge in [-0.05, 0) is 38.9 Å². The van der Waals surface area contributed by atoms with Crippen molar-refractivity contribution >= 4 is 5.97 Å². The topological polar surface area (TPSA) is 38.3 Å². The molecule has 0 spiro atoms. The molecule has 3 nitrogen and oxygen atoms in total. The summed E-state index contributed by atoms with van der Waals surface area (Å²) in [6.45, 7) is 4.29. The van der Waals surface area contributed by atoms with E-state index in [0.717, 1.165) is 0 Å². The quantitative estimate of drug-likeness (QED) is 0.612. The van der Waals surface area contributed by atoms with E-state index in [1.165, 1.54) is 18.2 Å². The van der Waals surface area contributed by atoms with E-state index >= 15 is 0 Å². The van der Waals surface area contributed by atoms with Crippen molar-refractivity contribution < 1.29 is 18.3 Å². The Bertz CT molecular complexity index is 404. The molecule has 0 amide bonds. The molecule has 5 heteroatoms. The highest BCUT2D eigenvalue weighted by Crippen LogP contribution is 2.20. The number of rotatable bonds is 7. The fourth-order valence-electron chi connectivity index (χ4n) is 1.81. The van der Waals surface area contributed by atoms with E-state index < -0.39 is 17.7 Å². The average Bonchev–Trinajstić information content (AvgIpc) is 2.35. The molecule has 1 unspecified atom stereocenters. The second-order valence-corrected chi connectivity index (χ2v) is 4.22. The molecule has 0 aliphatic carbocycles. The summed E-state index contributed by atoms with van der Waals surface area (Å²) in [4.78, 5) is 11.1. The summed E-state index contributed by atoms with van der Waals surface area (Å²) in [7, 11) is 0. The number of carbonyl (C=O) groups excluding carboxylic acids is 1. The minimum absolute atomic E-state index is 0.0265. The number of benzene rings is 1. The van der Waals surface area contributed by atoms with Crippen molar-refractivity contribution in [2.45, 2.75) is 32.7 Å². The Labute approximate surface area is 112 Å². The molecule has 1 N–H and O–H groups in total. The van der Waals surface area contributed by atoms with Crippen LogP contribution in [-0.2, 0) is 9.53 Å². The van der Waals surface area contributed by atoms with E-state index in [-0.39, 0.29) is 11.5 Å². The first-order valence-corrected chi connectivity index (χ1v) is 6.39. The number of hydrogen-bond acceptors (Lipinski definition) is 3. The second-order valence-electron chi connectivity index (χ2n) is 4.22. The van der Waals surface area contributed by atoms with E-state index in [9.17, 15) is 13.6 Å². The lowest BCUT2D eigenvalue weighted by Gasteiger charge is -2.15. The molecule has 19 heavy (non-hydrogen) atoms. The molecule has 1 atom stereocenters. The molecule has 1 aromatic carbocycles. The maximum atomic E-state index is 13.5. The first kappa shape index (κ1) is 15.6. The van der Waals surface area contributed by atoms with E-state index in [0.29, 0.717) is 26.0 Å². The average molecular weight is 271 g/mol. The van der Waals surface area contributed by atoms with Gasteiger partial charge in [0.1, 0.15) is 11.6 Å². The standard InChI is InChI=1S/C14H19F2NO2/c1-3-19-13(18)8-5-9-17-10(2)14-11(15)6-4-7-12(14)16/h4,6-7,10,17H,3,5,8-9H2,1-2H3. The van der Waals surface area contributed by atoms with Crippen LogP contribution in [0.1, 0.15) is 38.3 Å². The van der Waals surface area contributed by atoms with Crippen molar-refractivity contribution in [2.75, 3.05) is 13.2 Å². The molecular formula is C14H19F2NO2. The van der Waals surface area contributed by atoms with E-state index in [1.54, 1.807) is 13.8 Å². The Hall–Kier alpha value is -1.49.